The number of carbonyl (C=O) groups is 1. The summed E-state index contributed by atoms with van der Waals surface area (Å²) in [5.41, 5.74) is 1.33. The van der Waals surface area contributed by atoms with E-state index in [1.54, 1.807) is 19.3 Å². The van der Waals surface area contributed by atoms with Gasteiger partial charge in [-0.1, -0.05) is 0 Å². The van der Waals surface area contributed by atoms with E-state index in [1.807, 2.05) is 6.07 Å². The molecule has 1 amide bonds. The number of carbonyl (C=O) groups excluding carboxylic acids is 1. The number of anilines is 1. The summed E-state index contributed by atoms with van der Waals surface area (Å²) >= 11 is 0. The molecule has 1 aliphatic rings. The number of rotatable bonds is 7. The molecule has 1 aromatic rings. The molecule has 1 saturated heterocycles. The number of hydrogen-bond acceptors (Lipinski definition) is 5. The molecule has 0 spiro atoms. The van der Waals surface area contributed by atoms with Gasteiger partial charge in [0, 0.05) is 32.1 Å². The van der Waals surface area contributed by atoms with E-state index >= 15 is 0 Å². The molecular formula is C15H24N4O2. The molecule has 2 heterocycles. The van der Waals surface area contributed by atoms with Crippen LogP contribution in [0.5, 0.6) is 0 Å². The summed E-state index contributed by atoms with van der Waals surface area (Å²) in [6.45, 7) is 3.71. The lowest BCUT2D eigenvalue weighted by Crippen LogP contribution is -2.32. The second-order valence-corrected chi connectivity index (χ2v) is 5.11. The molecule has 21 heavy (non-hydrogen) atoms. The molecule has 0 aliphatic carbocycles. The highest BCUT2D eigenvalue weighted by Crippen LogP contribution is 2.09. The van der Waals surface area contributed by atoms with Crippen LogP contribution in [0.3, 0.4) is 0 Å². The van der Waals surface area contributed by atoms with Crippen LogP contribution in [0.1, 0.15) is 29.8 Å². The van der Waals surface area contributed by atoms with Crippen LogP contribution in [0.25, 0.3) is 0 Å². The minimum Gasteiger partial charge on any atom is -0.385 e. The quantitative estimate of drug-likeness (QED) is 0.654. The van der Waals surface area contributed by atoms with Gasteiger partial charge >= 0.3 is 0 Å². The predicted molar refractivity (Wildman–Crippen MR) is 82.6 cm³/mol. The summed E-state index contributed by atoms with van der Waals surface area (Å²) in [4.78, 5) is 15.5. The molecule has 1 aromatic heterocycles. The van der Waals surface area contributed by atoms with Crippen LogP contribution in [0, 0.1) is 0 Å². The maximum absolute atomic E-state index is 11.5. The first kappa shape index (κ1) is 15.7. The smallest absolute Gasteiger partial charge is 0.269 e. The Labute approximate surface area is 125 Å². The van der Waals surface area contributed by atoms with E-state index in [1.165, 1.54) is 0 Å². The lowest BCUT2D eigenvalue weighted by molar-refractivity contribution is 0.0329. The van der Waals surface area contributed by atoms with Crippen molar-refractivity contribution < 1.29 is 9.53 Å². The normalized spacial score (nSPS) is 15.7. The lowest BCUT2D eigenvalue weighted by atomic mass is 10.1. The van der Waals surface area contributed by atoms with Crippen LogP contribution < -0.4 is 16.0 Å². The highest BCUT2D eigenvalue weighted by Gasteiger charge is 2.12. The summed E-state index contributed by atoms with van der Waals surface area (Å²) in [5.74, 6) is -0.173. The van der Waals surface area contributed by atoms with E-state index in [0.29, 0.717) is 11.8 Å². The van der Waals surface area contributed by atoms with E-state index in [9.17, 15) is 4.79 Å². The molecular weight excluding hydrogens is 268 g/mol. The zero-order chi connectivity index (χ0) is 14.9. The van der Waals surface area contributed by atoms with Crippen molar-refractivity contribution in [1.29, 1.82) is 0 Å². The maximum Gasteiger partial charge on any atom is 0.269 e. The summed E-state index contributed by atoms with van der Waals surface area (Å²) in [5, 5.41) is 9.18. The molecule has 0 saturated carbocycles. The van der Waals surface area contributed by atoms with Crippen molar-refractivity contribution in [1.82, 2.24) is 15.6 Å². The van der Waals surface area contributed by atoms with Crippen molar-refractivity contribution in [2.24, 2.45) is 0 Å². The van der Waals surface area contributed by atoms with Gasteiger partial charge < -0.3 is 20.7 Å². The Balaban J connectivity index is 1.65. The van der Waals surface area contributed by atoms with Crippen LogP contribution in [0.15, 0.2) is 18.3 Å². The highest BCUT2D eigenvalue weighted by atomic mass is 16.5. The number of amides is 1. The van der Waals surface area contributed by atoms with Crippen molar-refractivity contribution in [3.8, 4) is 0 Å². The summed E-state index contributed by atoms with van der Waals surface area (Å²) in [6.07, 6.45) is 5.20. The molecule has 0 bridgehead atoms. The van der Waals surface area contributed by atoms with E-state index in [4.69, 9.17) is 4.74 Å². The molecule has 0 unspecified atom stereocenters. The zero-order valence-electron chi connectivity index (χ0n) is 12.5. The first-order valence-electron chi connectivity index (χ1n) is 7.54. The fourth-order valence-corrected chi connectivity index (χ4v) is 2.31. The van der Waals surface area contributed by atoms with Crippen LogP contribution in [-0.2, 0) is 4.74 Å². The SMILES string of the molecule is CNC(=O)c1cc(NCCCOC2CCNCC2)ccn1. The van der Waals surface area contributed by atoms with E-state index in [2.05, 4.69) is 20.9 Å². The van der Waals surface area contributed by atoms with Gasteiger partial charge in [-0.3, -0.25) is 9.78 Å². The Morgan fingerprint density at radius 2 is 2.29 bits per heavy atom. The fraction of sp³-hybridized carbons (Fsp3) is 0.600. The van der Waals surface area contributed by atoms with Crippen molar-refractivity contribution >= 4 is 11.6 Å². The molecule has 1 fully saturated rings. The van der Waals surface area contributed by atoms with Crippen LogP contribution in [-0.4, -0.2) is 50.3 Å². The standard InChI is InChI=1S/C15H24N4O2/c1-16-15(20)14-11-12(3-9-19-14)18-6-2-10-21-13-4-7-17-8-5-13/h3,9,11,13,17H,2,4-8,10H2,1H3,(H,16,20)(H,18,19). The first-order valence-corrected chi connectivity index (χ1v) is 7.54. The second kappa shape index (κ2) is 8.59. The van der Waals surface area contributed by atoms with Gasteiger partial charge in [0.05, 0.1) is 6.10 Å². The Morgan fingerprint density at radius 3 is 3.05 bits per heavy atom. The molecule has 3 N–H and O–H groups in total. The summed E-state index contributed by atoms with van der Waals surface area (Å²) in [7, 11) is 1.60. The summed E-state index contributed by atoms with van der Waals surface area (Å²) < 4.78 is 5.84. The van der Waals surface area contributed by atoms with Gasteiger partial charge in [-0.2, -0.15) is 0 Å². The van der Waals surface area contributed by atoms with E-state index in [0.717, 1.165) is 51.2 Å². The minimum absolute atomic E-state index is 0.173. The molecule has 6 heteroatoms. The number of nitrogens with zero attached hydrogens (tertiary/aromatic N) is 1. The molecule has 0 aromatic carbocycles. The van der Waals surface area contributed by atoms with Gasteiger partial charge in [0.1, 0.15) is 5.69 Å². The lowest BCUT2D eigenvalue weighted by Gasteiger charge is -2.22. The fourth-order valence-electron chi connectivity index (χ4n) is 2.31. The third-order valence-electron chi connectivity index (χ3n) is 3.51. The topological polar surface area (TPSA) is 75.3 Å². The van der Waals surface area contributed by atoms with Crippen LogP contribution in [0.4, 0.5) is 5.69 Å². The Morgan fingerprint density at radius 1 is 1.48 bits per heavy atom. The monoisotopic (exact) mass is 292 g/mol. The molecule has 0 atom stereocenters. The molecule has 1 aliphatic heterocycles. The average molecular weight is 292 g/mol. The Bertz CT molecular complexity index is 447. The zero-order valence-corrected chi connectivity index (χ0v) is 12.5. The molecule has 6 nitrogen and oxygen atoms in total. The molecule has 0 radical (unpaired) electrons. The van der Waals surface area contributed by atoms with Gasteiger partial charge in [0.25, 0.3) is 5.91 Å². The third-order valence-corrected chi connectivity index (χ3v) is 3.51. The van der Waals surface area contributed by atoms with Gasteiger partial charge in [-0.05, 0) is 44.5 Å². The number of piperidine rings is 1. The first-order chi connectivity index (χ1) is 10.3. The highest BCUT2D eigenvalue weighted by molar-refractivity contribution is 5.92. The van der Waals surface area contributed by atoms with Gasteiger partial charge in [-0.25, -0.2) is 0 Å². The number of nitrogens with one attached hydrogen (secondary N) is 3. The number of aromatic nitrogens is 1. The molecule has 2 rings (SSSR count). The van der Waals surface area contributed by atoms with Gasteiger partial charge in [0.2, 0.25) is 0 Å². The van der Waals surface area contributed by atoms with Gasteiger partial charge in [0.15, 0.2) is 0 Å². The third kappa shape index (κ3) is 5.32. The number of hydrogen-bond donors (Lipinski definition) is 3. The average Bonchev–Trinajstić information content (AvgIpc) is 2.55. The van der Waals surface area contributed by atoms with E-state index in [-0.39, 0.29) is 5.91 Å². The predicted octanol–water partition coefficient (Wildman–Crippen LogP) is 1.01. The molecule has 116 valence electrons. The minimum atomic E-state index is -0.173. The van der Waals surface area contributed by atoms with Crippen molar-refractivity contribution in [3.05, 3.63) is 24.0 Å². The van der Waals surface area contributed by atoms with Crippen molar-refractivity contribution in [2.75, 3.05) is 38.6 Å². The Kier molecular flexibility index (Phi) is 6.43. The van der Waals surface area contributed by atoms with E-state index < -0.39 is 0 Å². The second-order valence-electron chi connectivity index (χ2n) is 5.11. The Hall–Kier alpha value is -1.66. The maximum atomic E-state index is 11.5. The largest absolute Gasteiger partial charge is 0.385 e. The van der Waals surface area contributed by atoms with Crippen molar-refractivity contribution in [2.45, 2.75) is 25.4 Å². The van der Waals surface area contributed by atoms with Crippen LogP contribution in [0.2, 0.25) is 0 Å². The number of pyridine rings is 1. The summed E-state index contributed by atoms with van der Waals surface area (Å²) in [6, 6.07) is 3.62. The van der Waals surface area contributed by atoms with Crippen molar-refractivity contribution in [3.63, 3.8) is 0 Å². The van der Waals surface area contributed by atoms with Crippen LogP contribution >= 0.6 is 0 Å². The number of ether oxygens (including phenoxy) is 1. The van der Waals surface area contributed by atoms with Gasteiger partial charge in [-0.15, -0.1) is 0 Å².